The molecule has 0 amide bonds. The van der Waals surface area contributed by atoms with Crippen LogP contribution in [0, 0.1) is 15.9 Å². The summed E-state index contributed by atoms with van der Waals surface area (Å²) >= 11 is 0. The van der Waals surface area contributed by atoms with Crippen LogP contribution in [0.1, 0.15) is 25.7 Å². The van der Waals surface area contributed by atoms with Crippen molar-refractivity contribution in [2.45, 2.75) is 37.8 Å². The number of para-hydroxylation sites is 1. The summed E-state index contributed by atoms with van der Waals surface area (Å²) in [7, 11) is 0. The van der Waals surface area contributed by atoms with Crippen molar-refractivity contribution in [2.24, 2.45) is 5.73 Å². The van der Waals surface area contributed by atoms with Gasteiger partial charge in [-0.1, -0.05) is 6.07 Å². The number of nitrogens with two attached hydrogens (primary N) is 1. The van der Waals surface area contributed by atoms with Crippen LogP contribution in [0.15, 0.2) is 18.2 Å². The first-order chi connectivity index (χ1) is 8.58. The monoisotopic (exact) mass is 254 g/mol. The van der Waals surface area contributed by atoms with Gasteiger partial charge in [-0.25, -0.2) is 4.39 Å². The maximum absolute atomic E-state index is 13.6. The normalized spacial score (nSPS) is 23.7. The Bertz CT molecular complexity index is 445. The molecule has 1 fully saturated rings. The molecule has 2 N–H and O–H groups in total. The molecule has 1 aliphatic carbocycles. The minimum absolute atomic E-state index is 0.153. The standard InChI is InChI=1S/C12H15FN2O3/c13-10-2-1-3-11(15(16)17)12(10)18-9-6-4-8(14)5-7-9/h1-3,8-9H,4-7,14H2. The van der Waals surface area contributed by atoms with Gasteiger partial charge in [0.15, 0.2) is 5.82 Å². The highest BCUT2D eigenvalue weighted by Crippen LogP contribution is 2.32. The summed E-state index contributed by atoms with van der Waals surface area (Å²) in [6.07, 6.45) is 2.81. The zero-order chi connectivity index (χ0) is 13.1. The number of hydrogen-bond acceptors (Lipinski definition) is 4. The van der Waals surface area contributed by atoms with Gasteiger partial charge in [0.25, 0.3) is 0 Å². The summed E-state index contributed by atoms with van der Waals surface area (Å²) in [5, 5.41) is 10.8. The molecular formula is C12H15FN2O3. The summed E-state index contributed by atoms with van der Waals surface area (Å²) < 4.78 is 19.0. The maximum Gasteiger partial charge on any atom is 0.314 e. The Hall–Kier alpha value is -1.69. The van der Waals surface area contributed by atoms with E-state index in [0.717, 1.165) is 18.9 Å². The molecule has 0 atom stereocenters. The van der Waals surface area contributed by atoms with Crippen molar-refractivity contribution in [3.63, 3.8) is 0 Å². The number of halogens is 1. The van der Waals surface area contributed by atoms with Gasteiger partial charge in [-0.15, -0.1) is 0 Å². The molecular weight excluding hydrogens is 239 g/mol. The van der Waals surface area contributed by atoms with Crippen molar-refractivity contribution < 1.29 is 14.1 Å². The molecule has 1 saturated carbocycles. The van der Waals surface area contributed by atoms with E-state index in [4.69, 9.17) is 10.5 Å². The van der Waals surface area contributed by atoms with E-state index in [0.29, 0.717) is 12.8 Å². The molecule has 0 spiro atoms. The largest absolute Gasteiger partial charge is 0.481 e. The van der Waals surface area contributed by atoms with E-state index in [9.17, 15) is 14.5 Å². The van der Waals surface area contributed by atoms with E-state index < -0.39 is 10.7 Å². The molecule has 0 bridgehead atoms. The highest BCUT2D eigenvalue weighted by Gasteiger charge is 2.25. The van der Waals surface area contributed by atoms with Gasteiger partial charge in [-0.05, 0) is 31.7 Å². The van der Waals surface area contributed by atoms with Crippen LogP contribution < -0.4 is 10.5 Å². The first kappa shape index (κ1) is 12.8. The molecule has 0 aliphatic heterocycles. The second-order valence-electron chi connectivity index (χ2n) is 4.50. The lowest BCUT2D eigenvalue weighted by Gasteiger charge is -2.26. The Morgan fingerprint density at radius 2 is 2.00 bits per heavy atom. The Kier molecular flexibility index (Phi) is 3.76. The number of nitro groups is 1. The van der Waals surface area contributed by atoms with E-state index in [2.05, 4.69) is 0 Å². The third-order valence-corrected chi connectivity index (χ3v) is 3.15. The summed E-state index contributed by atoms with van der Waals surface area (Å²) in [6.45, 7) is 0. The zero-order valence-corrected chi connectivity index (χ0v) is 9.84. The Morgan fingerprint density at radius 3 is 2.61 bits per heavy atom. The lowest BCUT2D eigenvalue weighted by atomic mass is 9.94. The lowest BCUT2D eigenvalue weighted by Crippen LogP contribution is -2.32. The maximum atomic E-state index is 13.6. The van der Waals surface area contributed by atoms with E-state index in [1.807, 2.05) is 0 Å². The number of benzene rings is 1. The van der Waals surface area contributed by atoms with Crippen LogP contribution in [0.5, 0.6) is 5.75 Å². The molecule has 6 heteroatoms. The highest BCUT2D eigenvalue weighted by molar-refractivity contribution is 5.47. The van der Waals surface area contributed by atoms with E-state index in [-0.39, 0.29) is 23.6 Å². The number of hydrogen-bond donors (Lipinski definition) is 1. The summed E-state index contributed by atoms with van der Waals surface area (Å²) in [4.78, 5) is 10.2. The van der Waals surface area contributed by atoms with Crippen molar-refractivity contribution in [3.05, 3.63) is 34.1 Å². The summed E-state index contributed by atoms with van der Waals surface area (Å²) in [5.41, 5.74) is 5.43. The quantitative estimate of drug-likeness (QED) is 0.663. The van der Waals surface area contributed by atoms with Crippen LogP contribution in [-0.2, 0) is 0 Å². The van der Waals surface area contributed by atoms with E-state index >= 15 is 0 Å². The van der Waals surface area contributed by atoms with Gasteiger partial charge < -0.3 is 10.5 Å². The van der Waals surface area contributed by atoms with Gasteiger partial charge >= 0.3 is 5.69 Å². The molecule has 5 nitrogen and oxygen atoms in total. The van der Waals surface area contributed by atoms with Crippen LogP contribution in [-0.4, -0.2) is 17.1 Å². The first-order valence-electron chi connectivity index (χ1n) is 5.93. The van der Waals surface area contributed by atoms with Gasteiger partial charge in [0.1, 0.15) is 0 Å². The number of ether oxygens (including phenoxy) is 1. The highest BCUT2D eigenvalue weighted by atomic mass is 19.1. The van der Waals surface area contributed by atoms with Crippen molar-refractivity contribution >= 4 is 5.69 Å². The minimum atomic E-state index is -0.695. The molecule has 1 aromatic carbocycles. The summed E-state index contributed by atoms with van der Waals surface area (Å²) in [5.74, 6) is -0.956. The molecule has 0 radical (unpaired) electrons. The second kappa shape index (κ2) is 5.30. The van der Waals surface area contributed by atoms with E-state index in [1.54, 1.807) is 0 Å². The van der Waals surface area contributed by atoms with Crippen LogP contribution >= 0.6 is 0 Å². The second-order valence-corrected chi connectivity index (χ2v) is 4.50. The fraction of sp³-hybridized carbons (Fsp3) is 0.500. The van der Waals surface area contributed by atoms with Crippen molar-refractivity contribution in [2.75, 3.05) is 0 Å². The van der Waals surface area contributed by atoms with Crippen LogP contribution in [0.2, 0.25) is 0 Å². The molecule has 2 rings (SSSR count). The number of nitrogens with zero attached hydrogens (tertiary/aromatic N) is 1. The van der Waals surface area contributed by atoms with Crippen molar-refractivity contribution in [1.29, 1.82) is 0 Å². The fourth-order valence-corrected chi connectivity index (χ4v) is 2.13. The van der Waals surface area contributed by atoms with Crippen molar-refractivity contribution in [1.82, 2.24) is 0 Å². The smallest absolute Gasteiger partial charge is 0.314 e. The average molecular weight is 254 g/mol. The molecule has 18 heavy (non-hydrogen) atoms. The molecule has 0 saturated heterocycles. The van der Waals surface area contributed by atoms with Gasteiger partial charge in [0.05, 0.1) is 11.0 Å². The van der Waals surface area contributed by atoms with Crippen LogP contribution in [0.4, 0.5) is 10.1 Å². The lowest BCUT2D eigenvalue weighted by molar-refractivity contribution is -0.386. The van der Waals surface area contributed by atoms with E-state index in [1.165, 1.54) is 12.1 Å². The van der Waals surface area contributed by atoms with Gasteiger partial charge in [0, 0.05) is 12.1 Å². The third kappa shape index (κ3) is 2.76. The molecule has 1 aromatic rings. The Labute approximate surface area is 104 Å². The topological polar surface area (TPSA) is 78.4 Å². The predicted molar refractivity (Wildman–Crippen MR) is 63.9 cm³/mol. The molecule has 98 valence electrons. The fourth-order valence-electron chi connectivity index (χ4n) is 2.13. The SMILES string of the molecule is NC1CCC(Oc2c(F)cccc2[N+](=O)[O-])CC1. The summed E-state index contributed by atoms with van der Waals surface area (Å²) in [6, 6.07) is 3.86. The number of rotatable bonds is 3. The zero-order valence-electron chi connectivity index (χ0n) is 9.84. The molecule has 0 aromatic heterocycles. The molecule has 1 aliphatic rings. The van der Waals surface area contributed by atoms with Crippen LogP contribution in [0.25, 0.3) is 0 Å². The molecule has 0 heterocycles. The Balaban J connectivity index is 2.15. The van der Waals surface area contributed by atoms with Crippen molar-refractivity contribution in [3.8, 4) is 5.75 Å². The minimum Gasteiger partial charge on any atom is -0.481 e. The Morgan fingerprint density at radius 1 is 1.33 bits per heavy atom. The van der Waals surface area contributed by atoms with Gasteiger partial charge in [-0.3, -0.25) is 10.1 Å². The van der Waals surface area contributed by atoms with Gasteiger partial charge in [-0.2, -0.15) is 0 Å². The first-order valence-corrected chi connectivity index (χ1v) is 5.93. The van der Waals surface area contributed by atoms with Crippen LogP contribution in [0.3, 0.4) is 0 Å². The van der Waals surface area contributed by atoms with Gasteiger partial charge in [0.2, 0.25) is 5.75 Å². The average Bonchev–Trinajstić information content (AvgIpc) is 2.34. The molecule has 0 unspecified atom stereocenters. The number of nitro benzene ring substituents is 1. The third-order valence-electron chi connectivity index (χ3n) is 3.15. The predicted octanol–water partition coefficient (Wildman–Crippen LogP) is 2.38.